The lowest BCUT2D eigenvalue weighted by Gasteiger charge is -2.19. The standard InChI is InChI=1S/C11H15NO2/c1-14-11(13)7-9-6-5-8-3-2-4-10(8)12-9/h7,12H,2-6H2,1H3. The first-order valence-electron chi connectivity index (χ1n) is 5.06. The van der Waals surface area contributed by atoms with Crippen molar-refractivity contribution in [2.24, 2.45) is 0 Å². The first-order chi connectivity index (χ1) is 6.79. The van der Waals surface area contributed by atoms with Crippen molar-refractivity contribution in [1.29, 1.82) is 0 Å². The number of carbonyl (C=O) groups is 1. The quantitative estimate of drug-likeness (QED) is 0.510. The third kappa shape index (κ3) is 1.81. The Bertz CT molecular complexity index is 315. The minimum Gasteiger partial charge on any atom is -0.466 e. The van der Waals surface area contributed by atoms with Gasteiger partial charge in [0.2, 0.25) is 0 Å². The molecule has 2 rings (SSSR count). The number of rotatable bonds is 1. The Balaban J connectivity index is 2.06. The molecule has 0 saturated carbocycles. The highest BCUT2D eigenvalue weighted by Gasteiger charge is 2.20. The highest BCUT2D eigenvalue weighted by Crippen LogP contribution is 2.32. The molecule has 1 aliphatic heterocycles. The second-order valence-electron chi connectivity index (χ2n) is 3.75. The van der Waals surface area contributed by atoms with Gasteiger partial charge in [-0.15, -0.1) is 0 Å². The molecule has 76 valence electrons. The predicted octanol–water partition coefficient (Wildman–Crippen LogP) is 1.86. The summed E-state index contributed by atoms with van der Waals surface area (Å²) in [7, 11) is 1.41. The largest absolute Gasteiger partial charge is 0.466 e. The fraction of sp³-hybridized carbons (Fsp3) is 0.545. The monoisotopic (exact) mass is 193 g/mol. The van der Waals surface area contributed by atoms with Crippen LogP contribution in [0.4, 0.5) is 0 Å². The molecule has 0 radical (unpaired) electrons. The van der Waals surface area contributed by atoms with Gasteiger partial charge in [-0.3, -0.25) is 0 Å². The minimum atomic E-state index is -0.269. The van der Waals surface area contributed by atoms with Gasteiger partial charge in [-0.1, -0.05) is 5.57 Å². The Morgan fingerprint density at radius 3 is 3.00 bits per heavy atom. The van der Waals surface area contributed by atoms with E-state index in [1.165, 1.54) is 25.6 Å². The Morgan fingerprint density at radius 1 is 1.36 bits per heavy atom. The molecule has 0 spiro atoms. The highest BCUT2D eigenvalue weighted by atomic mass is 16.5. The zero-order valence-corrected chi connectivity index (χ0v) is 8.43. The Hall–Kier alpha value is -1.25. The lowest BCUT2D eigenvalue weighted by Crippen LogP contribution is -2.18. The van der Waals surface area contributed by atoms with Gasteiger partial charge in [0.25, 0.3) is 0 Å². The lowest BCUT2D eigenvalue weighted by atomic mass is 10.0. The van der Waals surface area contributed by atoms with E-state index in [4.69, 9.17) is 0 Å². The Labute approximate surface area is 83.8 Å². The van der Waals surface area contributed by atoms with Gasteiger partial charge in [-0.2, -0.15) is 0 Å². The third-order valence-corrected chi connectivity index (χ3v) is 2.83. The van der Waals surface area contributed by atoms with Crippen LogP contribution in [0.5, 0.6) is 0 Å². The van der Waals surface area contributed by atoms with E-state index in [1.807, 2.05) is 0 Å². The highest BCUT2D eigenvalue weighted by molar-refractivity contribution is 5.82. The summed E-state index contributed by atoms with van der Waals surface area (Å²) in [4.78, 5) is 11.0. The zero-order valence-electron chi connectivity index (χ0n) is 8.43. The summed E-state index contributed by atoms with van der Waals surface area (Å²) in [6.45, 7) is 0. The smallest absolute Gasteiger partial charge is 0.332 e. The van der Waals surface area contributed by atoms with Crippen LogP contribution in [0.1, 0.15) is 32.1 Å². The van der Waals surface area contributed by atoms with E-state index in [2.05, 4.69) is 10.1 Å². The molecule has 0 fully saturated rings. The maximum Gasteiger partial charge on any atom is 0.332 e. The molecule has 2 aliphatic rings. The van der Waals surface area contributed by atoms with Crippen LogP contribution in [-0.4, -0.2) is 13.1 Å². The van der Waals surface area contributed by atoms with Crippen LogP contribution in [-0.2, 0) is 9.53 Å². The van der Waals surface area contributed by atoms with E-state index in [9.17, 15) is 4.79 Å². The molecule has 0 aromatic carbocycles. The molecule has 0 aromatic heterocycles. The van der Waals surface area contributed by atoms with E-state index in [1.54, 1.807) is 11.6 Å². The van der Waals surface area contributed by atoms with Crippen molar-refractivity contribution < 1.29 is 9.53 Å². The molecule has 3 nitrogen and oxygen atoms in total. The first-order valence-corrected chi connectivity index (χ1v) is 5.06. The topological polar surface area (TPSA) is 38.3 Å². The average molecular weight is 193 g/mol. The Morgan fingerprint density at radius 2 is 2.21 bits per heavy atom. The molecule has 0 amide bonds. The van der Waals surface area contributed by atoms with E-state index >= 15 is 0 Å². The van der Waals surface area contributed by atoms with Gasteiger partial charge in [0.1, 0.15) is 0 Å². The summed E-state index contributed by atoms with van der Waals surface area (Å²) in [6.07, 6.45) is 7.21. The summed E-state index contributed by atoms with van der Waals surface area (Å²) >= 11 is 0. The van der Waals surface area contributed by atoms with Crippen LogP contribution in [0.15, 0.2) is 23.0 Å². The fourth-order valence-corrected chi connectivity index (χ4v) is 2.08. The lowest BCUT2D eigenvalue weighted by molar-refractivity contribution is -0.134. The number of nitrogens with one attached hydrogen (secondary N) is 1. The molecule has 3 heteroatoms. The van der Waals surface area contributed by atoms with Crippen LogP contribution < -0.4 is 5.32 Å². The van der Waals surface area contributed by atoms with Crippen LogP contribution in [0.25, 0.3) is 0 Å². The summed E-state index contributed by atoms with van der Waals surface area (Å²) in [5.41, 5.74) is 3.89. The predicted molar refractivity (Wildman–Crippen MR) is 53.3 cm³/mol. The number of methoxy groups -OCH3 is 1. The van der Waals surface area contributed by atoms with Gasteiger partial charge < -0.3 is 10.1 Å². The minimum absolute atomic E-state index is 0.269. The summed E-state index contributed by atoms with van der Waals surface area (Å²) < 4.78 is 4.59. The van der Waals surface area contributed by atoms with E-state index in [0.717, 1.165) is 25.0 Å². The van der Waals surface area contributed by atoms with Gasteiger partial charge >= 0.3 is 5.97 Å². The fourth-order valence-electron chi connectivity index (χ4n) is 2.08. The molecule has 1 N–H and O–H groups in total. The number of esters is 1. The van der Waals surface area contributed by atoms with Crippen LogP contribution in [0.2, 0.25) is 0 Å². The molecular formula is C11H15NO2. The van der Waals surface area contributed by atoms with Gasteiger partial charge in [0.15, 0.2) is 0 Å². The Kier molecular flexibility index (Phi) is 2.57. The van der Waals surface area contributed by atoms with Crippen molar-refractivity contribution >= 4 is 5.97 Å². The summed E-state index contributed by atoms with van der Waals surface area (Å²) in [5.74, 6) is -0.269. The molecule has 0 atom stereocenters. The van der Waals surface area contributed by atoms with Gasteiger partial charge in [0, 0.05) is 17.5 Å². The van der Waals surface area contributed by atoms with Crippen molar-refractivity contribution in [3.63, 3.8) is 0 Å². The average Bonchev–Trinajstić information content (AvgIpc) is 2.64. The maximum atomic E-state index is 11.0. The number of carbonyl (C=O) groups excluding carboxylic acids is 1. The van der Waals surface area contributed by atoms with Gasteiger partial charge in [-0.25, -0.2) is 4.79 Å². The van der Waals surface area contributed by atoms with Gasteiger partial charge in [-0.05, 0) is 32.1 Å². The molecule has 0 bridgehead atoms. The van der Waals surface area contributed by atoms with E-state index in [-0.39, 0.29) is 5.97 Å². The second kappa shape index (κ2) is 3.86. The summed E-state index contributed by atoms with van der Waals surface area (Å²) in [5, 5.41) is 3.32. The van der Waals surface area contributed by atoms with Crippen molar-refractivity contribution in [2.45, 2.75) is 32.1 Å². The SMILES string of the molecule is COC(=O)C=C1CCC2=C(CCC2)N1. The van der Waals surface area contributed by atoms with Gasteiger partial charge in [0.05, 0.1) is 7.11 Å². The summed E-state index contributed by atoms with van der Waals surface area (Å²) in [6, 6.07) is 0. The van der Waals surface area contributed by atoms with Crippen molar-refractivity contribution in [1.82, 2.24) is 5.32 Å². The van der Waals surface area contributed by atoms with Crippen LogP contribution >= 0.6 is 0 Å². The maximum absolute atomic E-state index is 11.0. The van der Waals surface area contributed by atoms with E-state index < -0.39 is 0 Å². The zero-order chi connectivity index (χ0) is 9.97. The normalized spacial score (nSPS) is 23.4. The van der Waals surface area contributed by atoms with Crippen molar-refractivity contribution in [3.8, 4) is 0 Å². The molecule has 0 unspecified atom stereocenters. The molecule has 1 heterocycles. The third-order valence-electron chi connectivity index (χ3n) is 2.83. The number of allylic oxidation sites excluding steroid dienone is 3. The van der Waals surface area contributed by atoms with Crippen molar-refractivity contribution in [3.05, 3.63) is 23.0 Å². The molecular weight excluding hydrogens is 178 g/mol. The molecule has 14 heavy (non-hydrogen) atoms. The van der Waals surface area contributed by atoms with E-state index in [0.29, 0.717) is 0 Å². The number of hydrogen-bond donors (Lipinski definition) is 1. The van der Waals surface area contributed by atoms with Crippen LogP contribution in [0, 0.1) is 0 Å². The second-order valence-corrected chi connectivity index (χ2v) is 3.75. The number of ether oxygens (including phenoxy) is 1. The molecule has 0 aromatic rings. The van der Waals surface area contributed by atoms with Crippen molar-refractivity contribution in [2.75, 3.05) is 7.11 Å². The van der Waals surface area contributed by atoms with Crippen LogP contribution in [0.3, 0.4) is 0 Å². The first kappa shape index (κ1) is 9.31. The number of hydrogen-bond acceptors (Lipinski definition) is 3. The molecule has 0 saturated heterocycles. The molecule has 1 aliphatic carbocycles.